The molecule has 0 aliphatic carbocycles. The van der Waals surface area contributed by atoms with Crippen molar-refractivity contribution >= 4 is 11.8 Å². The van der Waals surface area contributed by atoms with E-state index in [0.717, 1.165) is 38.1 Å². The second-order valence-electron chi connectivity index (χ2n) is 7.29. The van der Waals surface area contributed by atoms with Crippen LogP contribution in [0.4, 0.5) is 0 Å². The fourth-order valence-corrected chi connectivity index (χ4v) is 3.59. The first-order valence-corrected chi connectivity index (χ1v) is 9.92. The summed E-state index contributed by atoms with van der Waals surface area (Å²) >= 11 is 0. The van der Waals surface area contributed by atoms with E-state index in [1.54, 1.807) is 38.5 Å². The predicted molar refractivity (Wildman–Crippen MR) is 111 cm³/mol. The lowest BCUT2D eigenvalue weighted by Gasteiger charge is -2.32. The van der Waals surface area contributed by atoms with Crippen molar-refractivity contribution in [2.45, 2.75) is 19.3 Å². The predicted octanol–water partition coefficient (Wildman–Crippen LogP) is 2.91. The number of nitrogens with zero attached hydrogens (tertiary/aromatic N) is 1. The van der Waals surface area contributed by atoms with Crippen molar-refractivity contribution in [3.63, 3.8) is 0 Å². The third-order valence-electron chi connectivity index (χ3n) is 5.40. The first-order chi connectivity index (χ1) is 14.1. The van der Waals surface area contributed by atoms with Gasteiger partial charge in [-0.3, -0.25) is 9.59 Å². The maximum absolute atomic E-state index is 12.4. The number of carbonyl (C=O) groups excluding carboxylic acids is 2. The number of benzene rings is 2. The van der Waals surface area contributed by atoms with E-state index in [1.807, 2.05) is 17.0 Å². The van der Waals surface area contributed by atoms with Crippen LogP contribution in [0.15, 0.2) is 48.5 Å². The lowest BCUT2D eigenvalue weighted by molar-refractivity contribution is -0.131. The molecule has 154 valence electrons. The molecular weight excluding hydrogens is 368 g/mol. The minimum Gasteiger partial charge on any atom is -0.497 e. The number of amides is 2. The number of nitrogens with one attached hydrogen (secondary N) is 1. The Balaban J connectivity index is 1.41. The van der Waals surface area contributed by atoms with Gasteiger partial charge in [0.2, 0.25) is 5.91 Å². The Morgan fingerprint density at radius 2 is 1.48 bits per heavy atom. The van der Waals surface area contributed by atoms with Crippen LogP contribution < -0.4 is 14.8 Å². The Bertz CT molecular complexity index is 810. The Morgan fingerprint density at radius 3 is 2.03 bits per heavy atom. The van der Waals surface area contributed by atoms with Crippen molar-refractivity contribution < 1.29 is 19.1 Å². The molecule has 0 radical (unpaired) electrons. The summed E-state index contributed by atoms with van der Waals surface area (Å²) in [6.45, 7) is 1.49. The van der Waals surface area contributed by atoms with Crippen LogP contribution in [-0.4, -0.2) is 50.6 Å². The molecule has 3 rings (SSSR count). The van der Waals surface area contributed by atoms with E-state index in [1.165, 1.54) is 5.56 Å². The molecule has 29 heavy (non-hydrogen) atoms. The number of hydrogen-bond donors (Lipinski definition) is 1. The highest BCUT2D eigenvalue weighted by Gasteiger charge is 2.23. The van der Waals surface area contributed by atoms with Gasteiger partial charge in [0.05, 0.1) is 20.8 Å². The van der Waals surface area contributed by atoms with Crippen LogP contribution in [-0.2, 0) is 11.2 Å². The Kier molecular flexibility index (Phi) is 7.11. The van der Waals surface area contributed by atoms with E-state index in [9.17, 15) is 9.59 Å². The average molecular weight is 396 g/mol. The van der Waals surface area contributed by atoms with Gasteiger partial charge in [-0.2, -0.15) is 0 Å². The molecule has 0 aromatic heterocycles. The smallest absolute Gasteiger partial charge is 0.251 e. The third-order valence-corrected chi connectivity index (χ3v) is 5.40. The fourth-order valence-electron chi connectivity index (χ4n) is 3.59. The fraction of sp³-hybridized carbons (Fsp3) is 0.391. The van der Waals surface area contributed by atoms with Gasteiger partial charge in [0.1, 0.15) is 11.5 Å². The second-order valence-corrected chi connectivity index (χ2v) is 7.29. The molecule has 1 heterocycles. The molecule has 1 N–H and O–H groups in total. The lowest BCUT2D eigenvalue weighted by atomic mass is 9.90. The van der Waals surface area contributed by atoms with Crippen LogP contribution >= 0.6 is 0 Å². The van der Waals surface area contributed by atoms with Gasteiger partial charge in [-0.25, -0.2) is 0 Å². The first kappa shape index (κ1) is 20.7. The molecule has 0 spiro atoms. The van der Waals surface area contributed by atoms with Gasteiger partial charge in [0.25, 0.3) is 5.91 Å². The van der Waals surface area contributed by atoms with Crippen LogP contribution in [0.2, 0.25) is 0 Å². The summed E-state index contributed by atoms with van der Waals surface area (Å²) in [6, 6.07) is 15.0. The number of hydrogen-bond acceptors (Lipinski definition) is 4. The molecule has 1 saturated heterocycles. The van der Waals surface area contributed by atoms with E-state index in [0.29, 0.717) is 17.2 Å². The summed E-state index contributed by atoms with van der Waals surface area (Å²) in [5.41, 5.74) is 1.80. The summed E-state index contributed by atoms with van der Waals surface area (Å²) < 4.78 is 10.3. The number of likely N-dealkylation sites (tertiary alicyclic amines) is 1. The molecule has 2 amide bonds. The summed E-state index contributed by atoms with van der Waals surface area (Å²) in [6.07, 6.45) is 2.97. The van der Waals surface area contributed by atoms with Crippen LogP contribution in [0.3, 0.4) is 0 Å². The molecule has 1 aliphatic heterocycles. The highest BCUT2D eigenvalue weighted by molar-refractivity contribution is 5.96. The van der Waals surface area contributed by atoms with Gasteiger partial charge < -0.3 is 19.7 Å². The highest BCUT2D eigenvalue weighted by Crippen LogP contribution is 2.23. The normalized spacial score (nSPS) is 14.3. The Hall–Kier alpha value is -3.02. The molecule has 6 heteroatoms. The van der Waals surface area contributed by atoms with Gasteiger partial charge in [-0.1, -0.05) is 12.1 Å². The van der Waals surface area contributed by atoms with E-state index >= 15 is 0 Å². The number of ether oxygens (including phenoxy) is 2. The lowest BCUT2D eigenvalue weighted by Crippen LogP contribution is -2.44. The van der Waals surface area contributed by atoms with Crippen molar-refractivity contribution in [1.82, 2.24) is 10.2 Å². The van der Waals surface area contributed by atoms with Crippen LogP contribution in [0.1, 0.15) is 28.8 Å². The SMILES string of the molecule is COc1ccc(CC2CCN(C(=O)CNC(=O)c3ccc(OC)cc3)CC2)cc1. The van der Waals surface area contributed by atoms with Crippen LogP contribution in [0, 0.1) is 5.92 Å². The quantitative estimate of drug-likeness (QED) is 0.781. The topological polar surface area (TPSA) is 67.9 Å². The highest BCUT2D eigenvalue weighted by atomic mass is 16.5. The zero-order valence-corrected chi connectivity index (χ0v) is 17.0. The second kappa shape index (κ2) is 9.96. The molecule has 0 unspecified atom stereocenters. The molecule has 2 aromatic carbocycles. The van der Waals surface area contributed by atoms with E-state index in [-0.39, 0.29) is 18.4 Å². The number of methoxy groups -OCH3 is 2. The zero-order chi connectivity index (χ0) is 20.6. The molecule has 1 aliphatic rings. The van der Waals surface area contributed by atoms with E-state index < -0.39 is 0 Å². The molecule has 0 bridgehead atoms. The van der Waals surface area contributed by atoms with E-state index in [2.05, 4.69) is 17.4 Å². The first-order valence-electron chi connectivity index (χ1n) is 9.92. The third kappa shape index (κ3) is 5.73. The molecule has 6 nitrogen and oxygen atoms in total. The van der Waals surface area contributed by atoms with Crippen molar-refractivity contribution in [1.29, 1.82) is 0 Å². The van der Waals surface area contributed by atoms with Gasteiger partial charge in [-0.05, 0) is 67.1 Å². The van der Waals surface area contributed by atoms with E-state index in [4.69, 9.17) is 9.47 Å². The van der Waals surface area contributed by atoms with Crippen LogP contribution in [0.5, 0.6) is 11.5 Å². The standard InChI is InChI=1S/C23H28N2O4/c1-28-20-7-3-17(4-8-20)15-18-11-13-25(14-12-18)22(26)16-24-23(27)19-5-9-21(29-2)10-6-19/h3-10,18H,11-16H2,1-2H3,(H,24,27). The van der Waals surface area contributed by atoms with Gasteiger partial charge in [0, 0.05) is 18.7 Å². The van der Waals surface area contributed by atoms with Crippen LogP contribution in [0.25, 0.3) is 0 Å². The van der Waals surface area contributed by atoms with Gasteiger partial charge in [0.15, 0.2) is 0 Å². The summed E-state index contributed by atoms with van der Waals surface area (Å²) in [4.78, 5) is 26.5. The Labute approximate surface area is 171 Å². The minimum absolute atomic E-state index is 0.0218. The molecule has 2 aromatic rings. The minimum atomic E-state index is -0.254. The van der Waals surface area contributed by atoms with Crippen molar-refractivity contribution in [3.05, 3.63) is 59.7 Å². The molecule has 0 saturated carbocycles. The molecular formula is C23H28N2O4. The Morgan fingerprint density at radius 1 is 0.931 bits per heavy atom. The summed E-state index contributed by atoms with van der Waals surface area (Å²) in [5.74, 6) is 1.84. The van der Waals surface area contributed by atoms with Crippen molar-refractivity contribution in [3.8, 4) is 11.5 Å². The molecule has 0 atom stereocenters. The van der Waals surface area contributed by atoms with Gasteiger partial charge in [-0.15, -0.1) is 0 Å². The monoisotopic (exact) mass is 396 g/mol. The maximum Gasteiger partial charge on any atom is 0.251 e. The maximum atomic E-state index is 12.4. The molecule has 1 fully saturated rings. The number of rotatable bonds is 7. The number of piperidine rings is 1. The largest absolute Gasteiger partial charge is 0.497 e. The van der Waals surface area contributed by atoms with Crippen molar-refractivity contribution in [2.75, 3.05) is 33.9 Å². The van der Waals surface area contributed by atoms with Gasteiger partial charge >= 0.3 is 0 Å². The zero-order valence-electron chi connectivity index (χ0n) is 17.0. The van der Waals surface area contributed by atoms with Crippen molar-refractivity contribution in [2.24, 2.45) is 5.92 Å². The number of carbonyl (C=O) groups is 2. The average Bonchev–Trinajstić information content (AvgIpc) is 2.78. The summed E-state index contributed by atoms with van der Waals surface area (Å²) in [7, 11) is 3.25. The summed E-state index contributed by atoms with van der Waals surface area (Å²) in [5, 5.41) is 2.71.